The van der Waals surface area contributed by atoms with Crippen LogP contribution < -0.4 is 10.1 Å². The number of halogens is 2. The summed E-state index contributed by atoms with van der Waals surface area (Å²) in [4.78, 5) is 17.2. The molecule has 0 fully saturated rings. The molecule has 0 aliphatic heterocycles. The lowest BCUT2D eigenvalue weighted by molar-refractivity contribution is 0.102. The normalized spacial score (nSPS) is 10.7. The lowest BCUT2D eigenvalue weighted by Crippen LogP contribution is -2.12. The molecular formula is C21H16Cl2N4O2S. The molecule has 152 valence electrons. The first kappa shape index (κ1) is 20.4. The van der Waals surface area contributed by atoms with Crippen molar-refractivity contribution in [2.45, 2.75) is 13.2 Å². The van der Waals surface area contributed by atoms with E-state index in [0.717, 1.165) is 11.1 Å². The van der Waals surface area contributed by atoms with Crippen LogP contribution >= 0.6 is 34.5 Å². The summed E-state index contributed by atoms with van der Waals surface area (Å²) in [5.41, 5.74) is 1.94. The Morgan fingerprint density at radius 3 is 2.47 bits per heavy atom. The summed E-state index contributed by atoms with van der Waals surface area (Å²) < 4.78 is 7.36. The SMILES string of the molecule is O=C(Nc1ncn(Cc2ccc(Cl)cc2)n1)c1cc(COc2ccc(Cl)cc2)cs1. The molecule has 1 amide bonds. The Kier molecular flexibility index (Phi) is 6.32. The van der Waals surface area contributed by atoms with Gasteiger partial charge in [-0.2, -0.15) is 0 Å². The largest absolute Gasteiger partial charge is 0.489 e. The molecule has 4 aromatic rings. The molecule has 6 nitrogen and oxygen atoms in total. The second-order valence-corrected chi connectivity index (χ2v) is 8.19. The molecule has 0 spiro atoms. The molecule has 4 rings (SSSR count). The summed E-state index contributed by atoms with van der Waals surface area (Å²) in [6.07, 6.45) is 1.57. The molecule has 2 aromatic heterocycles. The van der Waals surface area contributed by atoms with Crippen LogP contribution in [0.15, 0.2) is 66.3 Å². The molecule has 1 N–H and O–H groups in total. The minimum atomic E-state index is -0.262. The Morgan fingerprint density at radius 2 is 1.73 bits per heavy atom. The van der Waals surface area contributed by atoms with Crippen LogP contribution in [0.3, 0.4) is 0 Å². The standard InChI is InChI=1S/C21H16Cl2N4O2S/c22-16-3-1-14(2-4-16)10-27-13-24-21(26-27)25-20(28)19-9-15(12-30-19)11-29-18-7-5-17(23)6-8-18/h1-9,12-13H,10-11H2,(H,25,26,28). The maximum Gasteiger partial charge on any atom is 0.268 e. The molecule has 30 heavy (non-hydrogen) atoms. The van der Waals surface area contributed by atoms with E-state index in [2.05, 4.69) is 15.4 Å². The molecule has 2 aromatic carbocycles. The third-order valence-electron chi connectivity index (χ3n) is 4.12. The molecule has 0 aliphatic carbocycles. The average molecular weight is 459 g/mol. The molecule has 0 saturated heterocycles. The number of thiophene rings is 1. The predicted molar refractivity (Wildman–Crippen MR) is 119 cm³/mol. The smallest absolute Gasteiger partial charge is 0.268 e. The number of nitrogens with zero attached hydrogens (tertiary/aromatic N) is 3. The predicted octanol–water partition coefficient (Wildman–Crippen LogP) is 5.53. The molecule has 0 atom stereocenters. The lowest BCUT2D eigenvalue weighted by atomic mass is 10.2. The second-order valence-electron chi connectivity index (χ2n) is 6.41. The van der Waals surface area contributed by atoms with E-state index < -0.39 is 0 Å². The Morgan fingerprint density at radius 1 is 1.03 bits per heavy atom. The Hall–Kier alpha value is -2.87. The number of hydrogen-bond acceptors (Lipinski definition) is 5. The first-order valence-corrected chi connectivity index (χ1v) is 10.6. The Labute approximate surface area is 187 Å². The molecule has 0 unspecified atom stereocenters. The molecule has 9 heteroatoms. The maximum atomic E-state index is 12.5. The number of anilines is 1. The number of rotatable bonds is 7. The third kappa shape index (κ3) is 5.38. The van der Waals surface area contributed by atoms with Crippen molar-refractivity contribution in [1.82, 2.24) is 14.8 Å². The van der Waals surface area contributed by atoms with Crippen LogP contribution in [0.4, 0.5) is 5.95 Å². The minimum absolute atomic E-state index is 0.251. The van der Waals surface area contributed by atoms with Crippen molar-refractivity contribution in [1.29, 1.82) is 0 Å². The summed E-state index contributed by atoms with van der Waals surface area (Å²) in [5.74, 6) is 0.704. The molecular weight excluding hydrogens is 443 g/mol. The van der Waals surface area contributed by atoms with Crippen molar-refractivity contribution in [3.05, 3.63) is 92.4 Å². The number of hydrogen-bond donors (Lipinski definition) is 1. The molecule has 2 heterocycles. The summed E-state index contributed by atoms with van der Waals surface area (Å²) in [7, 11) is 0. The number of carbonyl (C=O) groups is 1. The highest BCUT2D eigenvalue weighted by molar-refractivity contribution is 7.12. The molecule has 0 aliphatic rings. The van der Waals surface area contributed by atoms with E-state index in [-0.39, 0.29) is 11.9 Å². The van der Waals surface area contributed by atoms with Crippen molar-refractivity contribution in [3.8, 4) is 5.75 Å². The fourth-order valence-corrected chi connectivity index (χ4v) is 3.68. The van der Waals surface area contributed by atoms with Crippen LogP contribution in [0, 0.1) is 0 Å². The highest BCUT2D eigenvalue weighted by Gasteiger charge is 2.12. The van der Waals surface area contributed by atoms with Crippen LogP contribution in [0.2, 0.25) is 10.0 Å². The quantitative estimate of drug-likeness (QED) is 0.395. The van der Waals surface area contributed by atoms with Crippen molar-refractivity contribution in [2.75, 3.05) is 5.32 Å². The number of nitrogens with one attached hydrogen (secondary N) is 1. The number of ether oxygens (including phenoxy) is 1. The molecule has 0 bridgehead atoms. The van der Waals surface area contributed by atoms with E-state index in [1.165, 1.54) is 11.3 Å². The van der Waals surface area contributed by atoms with E-state index in [4.69, 9.17) is 27.9 Å². The molecule has 0 saturated carbocycles. The first-order chi connectivity index (χ1) is 14.5. The zero-order valence-corrected chi connectivity index (χ0v) is 17.9. The van der Waals surface area contributed by atoms with Gasteiger partial charge < -0.3 is 4.74 Å². The van der Waals surface area contributed by atoms with Crippen molar-refractivity contribution < 1.29 is 9.53 Å². The van der Waals surface area contributed by atoms with E-state index in [9.17, 15) is 4.79 Å². The summed E-state index contributed by atoms with van der Waals surface area (Å²) >= 11 is 13.1. The van der Waals surface area contributed by atoms with Gasteiger partial charge in [0, 0.05) is 15.6 Å². The first-order valence-electron chi connectivity index (χ1n) is 8.96. The lowest BCUT2D eigenvalue weighted by Gasteiger charge is -2.04. The van der Waals surface area contributed by atoms with Crippen molar-refractivity contribution in [3.63, 3.8) is 0 Å². The fraction of sp³-hybridized carbons (Fsp3) is 0.0952. The van der Waals surface area contributed by atoms with E-state index in [0.29, 0.717) is 33.8 Å². The van der Waals surface area contributed by atoms with Gasteiger partial charge >= 0.3 is 0 Å². The van der Waals surface area contributed by atoms with Crippen LogP contribution in [-0.4, -0.2) is 20.7 Å². The summed E-state index contributed by atoms with van der Waals surface area (Å²) in [6, 6.07) is 16.4. The average Bonchev–Trinajstić information content (AvgIpc) is 3.39. The van der Waals surface area contributed by atoms with Gasteiger partial charge in [0.15, 0.2) is 0 Å². The number of benzene rings is 2. The highest BCUT2D eigenvalue weighted by Crippen LogP contribution is 2.20. The minimum Gasteiger partial charge on any atom is -0.489 e. The van der Waals surface area contributed by atoms with Gasteiger partial charge in [-0.25, -0.2) is 9.67 Å². The second kappa shape index (κ2) is 9.30. The van der Waals surface area contributed by atoms with E-state index >= 15 is 0 Å². The van der Waals surface area contributed by atoms with Crippen LogP contribution in [0.1, 0.15) is 20.8 Å². The van der Waals surface area contributed by atoms with Gasteiger partial charge in [-0.05, 0) is 53.4 Å². The van der Waals surface area contributed by atoms with Crippen LogP contribution in [0.5, 0.6) is 5.75 Å². The number of aromatic nitrogens is 3. The van der Waals surface area contributed by atoms with Gasteiger partial charge in [0.05, 0.1) is 11.4 Å². The monoisotopic (exact) mass is 458 g/mol. The van der Waals surface area contributed by atoms with Gasteiger partial charge in [0.25, 0.3) is 5.91 Å². The molecule has 0 radical (unpaired) electrons. The van der Waals surface area contributed by atoms with Gasteiger partial charge in [0.1, 0.15) is 18.7 Å². The Balaban J connectivity index is 1.32. The van der Waals surface area contributed by atoms with Crippen LogP contribution in [0.25, 0.3) is 0 Å². The third-order valence-corrected chi connectivity index (χ3v) is 5.60. The van der Waals surface area contributed by atoms with Crippen LogP contribution in [-0.2, 0) is 13.2 Å². The van der Waals surface area contributed by atoms with E-state index in [1.807, 2.05) is 29.6 Å². The zero-order valence-electron chi connectivity index (χ0n) is 15.6. The van der Waals surface area contributed by atoms with Gasteiger partial charge in [-0.1, -0.05) is 35.3 Å². The maximum absolute atomic E-state index is 12.5. The Bertz CT molecular complexity index is 1140. The van der Waals surface area contributed by atoms with E-state index in [1.54, 1.807) is 41.3 Å². The topological polar surface area (TPSA) is 69.0 Å². The fourth-order valence-electron chi connectivity index (χ4n) is 2.64. The van der Waals surface area contributed by atoms with Gasteiger partial charge in [0.2, 0.25) is 5.95 Å². The highest BCUT2D eigenvalue weighted by atomic mass is 35.5. The van der Waals surface area contributed by atoms with Gasteiger partial charge in [-0.15, -0.1) is 16.4 Å². The zero-order chi connectivity index (χ0) is 20.9. The van der Waals surface area contributed by atoms with Crippen molar-refractivity contribution in [2.24, 2.45) is 0 Å². The number of amides is 1. The van der Waals surface area contributed by atoms with Crippen molar-refractivity contribution >= 4 is 46.4 Å². The number of carbonyl (C=O) groups excluding carboxylic acids is 1. The summed E-state index contributed by atoms with van der Waals surface area (Å²) in [5, 5.41) is 10.2. The summed E-state index contributed by atoms with van der Waals surface area (Å²) in [6.45, 7) is 0.893. The van der Waals surface area contributed by atoms with Gasteiger partial charge in [-0.3, -0.25) is 10.1 Å².